The number of quaternary nitrogens is 1. The number of rotatable bonds is 1. The molecule has 3 saturated heterocycles. The summed E-state index contributed by atoms with van der Waals surface area (Å²) >= 11 is 2.56. The van der Waals surface area contributed by atoms with E-state index in [1.54, 1.807) is 0 Å². The Morgan fingerprint density at radius 2 is 1.60 bits per heavy atom. The molecule has 3 rings (SSSR count). The van der Waals surface area contributed by atoms with E-state index in [4.69, 9.17) is 0 Å². The van der Waals surface area contributed by atoms with Gasteiger partial charge in [-0.15, -0.1) is 0 Å². The van der Waals surface area contributed by atoms with E-state index < -0.39 is 0 Å². The van der Waals surface area contributed by atoms with Crippen LogP contribution >= 0.6 is 22.6 Å². The molecule has 1 nitrogen and oxygen atoms in total. The van der Waals surface area contributed by atoms with Crippen LogP contribution in [0.3, 0.4) is 0 Å². The second kappa shape index (κ2) is 2.63. The molecule has 10 heavy (non-hydrogen) atoms. The highest BCUT2D eigenvalue weighted by molar-refractivity contribution is 14.1. The van der Waals surface area contributed by atoms with Gasteiger partial charge in [-0.3, -0.25) is 0 Å². The van der Waals surface area contributed by atoms with Crippen molar-refractivity contribution in [3.63, 3.8) is 0 Å². The lowest BCUT2D eigenvalue weighted by Gasteiger charge is -2.48. The molecule has 0 aromatic rings. The zero-order valence-corrected chi connectivity index (χ0v) is 8.51. The Bertz CT molecular complexity index is 113. The highest BCUT2D eigenvalue weighted by atomic mass is 127. The van der Waals surface area contributed by atoms with Crippen LogP contribution in [0.4, 0.5) is 0 Å². The molecule has 0 saturated carbocycles. The first-order chi connectivity index (χ1) is 4.85. The fourth-order valence-electron chi connectivity index (χ4n) is 2.32. The van der Waals surface area contributed by atoms with Crippen molar-refractivity contribution in [2.24, 2.45) is 5.92 Å². The highest BCUT2D eigenvalue weighted by Gasteiger charge is 2.38. The normalized spacial score (nSPS) is 45.9. The molecule has 2 heteroatoms. The van der Waals surface area contributed by atoms with E-state index in [-0.39, 0.29) is 0 Å². The fourth-order valence-corrected chi connectivity index (χ4v) is 3.34. The monoisotopic (exact) mass is 252 g/mol. The van der Waals surface area contributed by atoms with Crippen LogP contribution in [-0.4, -0.2) is 28.7 Å². The zero-order valence-electron chi connectivity index (χ0n) is 6.35. The minimum Gasteiger partial charge on any atom is -0.316 e. The molecule has 3 heterocycles. The van der Waals surface area contributed by atoms with Crippen LogP contribution in [0.15, 0.2) is 0 Å². The summed E-state index contributed by atoms with van der Waals surface area (Å²) in [6, 6.07) is 0. The average molecular weight is 252 g/mol. The summed E-state index contributed by atoms with van der Waals surface area (Å²) in [7, 11) is 0. The molecular weight excluding hydrogens is 237 g/mol. The molecule has 0 N–H and O–H groups in total. The lowest BCUT2D eigenvalue weighted by Crippen LogP contribution is -2.57. The van der Waals surface area contributed by atoms with Crippen molar-refractivity contribution >= 4 is 22.6 Å². The molecule has 3 aliphatic rings. The molecule has 0 amide bonds. The molecule has 0 aliphatic carbocycles. The quantitative estimate of drug-likeness (QED) is 0.290. The molecule has 2 bridgehead atoms. The third kappa shape index (κ3) is 1.09. The number of nitrogens with zero attached hydrogens (tertiary/aromatic N) is 1. The topological polar surface area (TPSA) is 0 Å². The minimum absolute atomic E-state index is 1.11. The van der Waals surface area contributed by atoms with E-state index in [0.29, 0.717) is 0 Å². The number of fused-ring (bicyclic) bond motifs is 3. The number of hydrogen-bond donors (Lipinski definition) is 0. The Morgan fingerprint density at radius 1 is 1.10 bits per heavy atom. The second-order valence-corrected chi connectivity index (χ2v) is 4.55. The average Bonchev–Trinajstić information content (AvgIpc) is 2.08. The van der Waals surface area contributed by atoms with Crippen LogP contribution in [0.5, 0.6) is 0 Å². The maximum atomic E-state index is 2.56. The summed E-state index contributed by atoms with van der Waals surface area (Å²) in [5, 5.41) is 0. The molecule has 0 aromatic heterocycles. The smallest absolute Gasteiger partial charge is 0.129 e. The van der Waals surface area contributed by atoms with Crippen molar-refractivity contribution in [3.8, 4) is 0 Å². The molecule has 0 spiro atoms. The number of halogens is 1. The first kappa shape index (κ1) is 7.35. The van der Waals surface area contributed by atoms with Crippen molar-refractivity contribution < 1.29 is 4.48 Å². The maximum Gasteiger partial charge on any atom is 0.129 e. The largest absolute Gasteiger partial charge is 0.316 e. The number of piperidine rings is 3. The molecule has 0 unspecified atom stereocenters. The lowest BCUT2D eigenvalue weighted by atomic mass is 9.86. The van der Waals surface area contributed by atoms with Gasteiger partial charge in [0.2, 0.25) is 0 Å². The second-order valence-electron chi connectivity index (χ2n) is 3.86. The predicted molar refractivity (Wildman–Crippen MR) is 51.1 cm³/mol. The maximum absolute atomic E-state index is 2.56. The summed E-state index contributed by atoms with van der Waals surface area (Å²) < 4.78 is 2.79. The summed E-state index contributed by atoms with van der Waals surface area (Å²) in [4.78, 5) is 0. The zero-order chi connectivity index (χ0) is 7.03. The Kier molecular flexibility index (Phi) is 1.93. The SMILES string of the molecule is IC[N+]12CCC(CC1)CC2. The van der Waals surface area contributed by atoms with E-state index >= 15 is 0 Å². The lowest BCUT2D eigenvalue weighted by molar-refractivity contribution is -0.928. The van der Waals surface area contributed by atoms with Crippen molar-refractivity contribution in [1.82, 2.24) is 0 Å². The van der Waals surface area contributed by atoms with Gasteiger partial charge in [0.1, 0.15) is 4.55 Å². The van der Waals surface area contributed by atoms with Gasteiger partial charge in [-0.2, -0.15) is 0 Å². The first-order valence-corrected chi connectivity index (χ1v) is 5.78. The Balaban J connectivity index is 2.08. The summed E-state index contributed by atoms with van der Waals surface area (Å²) in [6.07, 6.45) is 4.55. The standard InChI is InChI=1S/C8H15IN/c9-7-10-4-1-8(2-5-10)3-6-10/h8H,1-7H2/q+1. The van der Waals surface area contributed by atoms with Crippen LogP contribution in [0.1, 0.15) is 19.3 Å². The van der Waals surface area contributed by atoms with Gasteiger partial charge in [0.05, 0.1) is 19.6 Å². The van der Waals surface area contributed by atoms with Crippen molar-refractivity contribution in [1.29, 1.82) is 0 Å². The van der Waals surface area contributed by atoms with E-state index in [0.717, 1.165) is 5.92 Å². The van der Waals surface area contributed by atoms with Gasteiger partial charge in [0, 0.05) is 0 Å². The Morgan fingerprint density at radius 3 is 1.90 bits per heavy atom. The molecule has 3 aliphatic heterocycles. The predicted octanol–water partition coefficient (Wildman–Crippen LogP) is 2.01. The van der Waals surface area contributed by atoms with E-state index in [2.05, 4.69) is 22.6 Å². The highest BCUT2D eigenvalue weighted by Crippen LogP contribution is 2.33. The van der Waals surface area contributed by atoms with Gasteiger partial charge in [-0.1, -0.05) is 0 Å². The summed E-state index contributed by atoms with van der Waals surface area (Å²) in [6.45, 7) is 4.44. The number of hydrogen-bond acceptors (Lipinski definition) is 0. The van der Waals surface area contributed by atoms with Gasteiger partial charge in [-0.25, -0.2) is 0 Å². The molecule has 0 atom stereocenters. The van der Waals surface area contributed by atoms with Crippen LogP contribution in [-0.2, 0) is 0 Å². The van der Waals surface area contributed by atoms with Gasteiger partial charge in [0.25, 0.3) is 0 Å². The Hall–Kier alpha value is 0.690. The van der Waals surface area contributed by atoms with Crippen LogP contribution in [0.25, 0.3) is 0 Å². The number of alkyl halides is 1. The van der Waals surface area contributed by atoms with Gasteiger partial charge in [-0.05, 0) is 47.8 Å². The van der Waals surface area contributed by atoms with Crippen molar-refractivity contribution in [2.45, 2.75) is 19.3 Å². The van der Waals surface area contributed by atoms with Crippen molar-refractivity contribution in [3.05, 3.63) is 0 Å². The minimum atomic E-state index is 1.11. The Labute approximate surface area is 76.5 Å². The first-order valence-electron chi connectivity index (χ1n) is 4.26. The van der Waals surface area contributed by atoms with E-state index in [1.807, 2.05) is 0 Å². The van der Waals surface area contributed by atoms with Crippen LogP contribution < -0.4 is 0 Å². The fraction of sp³-hybridized carbons (Fsp3) is 1.00. The third-order valence-corrected chi connectivity index (χ3v) is 4.74. The van der Waals surface area contributed by atoms with Gasteiger partial charge >= 0.3 is 0 Å². The summed E-state index contributed by atoms with van der Waals surface area (Å²) in [5.74, 6) is 1.11. The molecule has 0 radical (unpaired) electrons. The molecule has 58 valence electrons. The van der Waals surface area contributed by atoms with Crippen LogP contribution in [0, 0.1) is 5.92 Å². The molecule has 0 aromatic carbocycles. The molecule has 3 fully saturated rings. The van der Waals surface area contributed by atoms with Crippen molar-refractivity contribution in [2.75, 3.05) is 24.2 Å². The molecular formula is C8H15IN+. The van der Waals surface area contributed by atoms with Gasteiger partial charge < -0.3 is 4.48 Å². The van der Waals surface area contributed by atoms with Gasteiger partial charge in [0.15, 0.2) is 0 Å². The van der Waals surface area contributed by atoms with E-state index in [1.165, 1.54) is 47.9 Å². The van der Waals surface area contributed by atoms with E-state index in [9.17, 15) is 0 Å². The van der Waals surface area contributed by atoms with Crippen LogP contribution in [0.2, 0.25) is 0 Å². The third-order valence-electron chi connectivity index (χ3n) is 3.29. The summed E-state index contributed by atoms with van der Waals surface area (Å²) in [5.41, 5.74) is 0.